The number of carbonyl (C=O) groups is 1. The van der Waals surface area contributed by atoms with E-state index < -0.39 is 11.9 Å². The number of aromatic nitrogens is 3. The second-order valence-corrected chi connectivity index (χ2v) is 5.77. The zero-order chi connectivity index (χ0) is 17.3. The van der Waals surface area contributed by atoms with E-state index in [1.165, 1.54) is 6.39 Å². The number of carbonyl (C=O) groups excluding carboxylic acids is 1. The minimum atomic E-state index is -4.48. The van der Waals surface area contributed by atoms with Crippen LogP contribution in [0.5, 0.6) is 0 Å². The molecule has 1 fully saturated rings. The fourth-order valence-electron chi connectivity index (χ4n) is 2.95. The van der Waals surface area contributed by atoms with Crippen molar-refractivity contribution in [3.05, 3.63) is 35.3 Å². The third-order valence-corrected chi connectivity index (χ3v) is 4.20. The molecule has 3 rings (SSSR count). The van der Waals surface area contributed by atoms with Gasteiger partial charge in [-0.1, -0.05) is 6.92 Å². The zero-order valence-electron chi connectivity index (χ0n) is 13.1. The van der Waals surface area contributed by atoms with Gasteiger partial charge in [-0.15, -0.1) is 0 Å². The van der Waals surface area contributed by atoms with Crippen LogP contribution >= 0.6 is 0 Å². The van der Waals surface area contributed by atoms with Crippen LogP contribution in [0.3, 0.4) is 0 Å². The lowest BCUT2D eigenvalue weighted by Gasteiger charge is -2.31. The molecule has 3 heterocycles. The molecule has 0 saturated carbocycles. The van der Waals surface area contributed by atoms with Crippen molar-refractivity contribution >= 4 is 5.91 Å². The first-order valence-electron chi connectivity index (χ1n) is 7.74. The molecular weight excluding hydrogens is 325 g/mol. The molecule has 1 aliphatic heterocycles. The third-order valence-electron chi connectivity index (χ3n) is 4.20. The van der Waals surface area contributed by atoms with Crippen LogP contribution in [0, 0.1) is 0 Å². The van der Waals surface area contributed by atoms with E-state index in [0.29, 0.717) is 43.8 Å². The summed E-state index contributed by atoms with van der Waals surface area (Å²) in [5, 5.41) is 5.79. The Labute approximate surface area is 136 Å². The maximum Gasteiger partial charge on any atom is 0.435 e. The number of piperidine rings is 1. The number of hydrogen-bond donors (Lipinski definition) is 1. The van der Waals surface area contributed by atoms with Crippen LogP contribution in [0.1, 0.15) is 53.3 Å². The molecule has 24 heavy (non-hydrogen) atoms. The van der Waals surface area contributed by atoms with Gasteiger partial charge in [0, 0.05) is 31.1 Å². The number of aryl methyl sites for hydroxylation is 1. The van der Waals surface area contributed by atoms with Crippen molar-refractivity contribution in [2.45, 2.75) is 38.3 Å². The van der Waals surface area contributed by atoms with E-state index in [-0.39, 0.29) is 17.5 Å². The number of likely N-dealkylation sites (tertiary alicyclic amines) is 1. The number of aromatic amines is 1. The Morgan fingerprint density at radius 2 is 2.29 bits per heavy atom. The maximum absolute atomic E-state index is 12.7. The molecule has 2 aromatic heterocycles. The number of alkyl halides is 3. The average molecular weight is 342 g/mol. The van der Waals surface area contributed by atoms with Crippen LogP contribution in [0.2, 0.25) is 0 Å². The van der Waals surface area contributed by atoms with E-state index in [1.54, 1.807) is 4.90 Å². The van der Waals surface area contributed by atoms with Crippen molar-refractivity contribution in [3.8, 4) is 0 Å². The molecule has 6 nitrogen and oxygen atoms in total. The number of H-pyrrole nitrogens is 1. The Bertz CT molecular complexity index is 722. The maximum atomic E-state index is 12.7. The Morgan fingerprint density at radius 1 is 1.50 bits per heavy atom. The van der Waals surface area contributed by atoms with E-state index in [0.717, 1.165) is 6.07 Å². The summed E-state index contributed by atoms with van der Waals surface area (Å²) in [4.78, 5) is 18.2. The summed E-state index contributed by atoms with van der Waals surface area (Å²) in [6, 6.07) is 1.02. The fourth-order valence-corrected chi connectivity index (χ4v) is 2.95. The lowest BCUT2D eigenvalue weighted by molar-refractivity contribution is -0.141. The lowest BCUT2D eigenvalue weighted by atomic mass is 9.94. The topological polar surface area (TPSA) is 75.0 Å². The lowest BCUT2D eigenvalue weighted by Crippen LogP contribution is -2.39. The highest BCUT2D eigenvalue weighted by Gasteiger charge is 2.35. The molecule has 1 saturated heterocycles. The van der Waals surface area contributed by atoms with Crippen molar-refractivity contribution < 1.29 is 22.4 Å². The van der Waals surface area contributed by atoms with Crippen LogP contribution in [0.25, 0.3) is 0 Å². The van der Waals surface area contributed by atoms with Crippen LogP contribution < -0.4 is 0 Å². The van der Waals surface area contributed by atoms with Crippen molar-refractivity contribution in [1.82, 2.24) is 20.1 Å². The van der Waals surface area contributed by atoms with Crippen LogP contribution in [0.4, 0.5) is 13.2 Å². The van der Waals surface area contributed by atoms with Crippen LogP contribution in [-0.2, 0) is 12.6 Å². The first-order chi connectivity index (χ1) is 11.4. The molecule has 1 aliphatic rings. The SMILES string of the molecule is CCc1ocnc1C(=O)N1CCC[C@H](c2cc(C(F)(F)F)n[nH]2)C1. The zero-order valence-corrected chi connectivity index (χ0v) is 13.1. The van der Waals surface area contributed by atoms with Crippen molar-refractivity contribution in [3.63, 3.8) is 0 Å². The molecule has 0 unspecified atom stereocenters. The molecular formula is C15H17F3N4O2. The number of nitrogens with zero attached hydrogens (tertiary/aromatic N) is 3. The van der Waals surface area contributed by atoms with E-state index in [1.807, 2.05) is 6.92 Å². The Morgan fingerprint density at radius 3 is 2.96 bits per heavy atom. The van der Waals surface area contributed by atoms with Gasteiger partial charge in [0.15, 0.2) is 17.8 Å². The normalized spacial score (nSPS) is 18.8. The molecule has 2 aromatic rings. The minimum absolute atomic E-state index is 0.205. The minimum Gasteiger partial charge on any atom is -0.448 e. The van der Waals surface area contributed by atoms with Gasteiger partial charge < -0.3 is 9.32 Å². The molecule has 0 aromatic carbocycles. The van der Waals surface area contributed by atoms with E-state index >= 15 is 0 Å². The highest BCUT2D eigenvalue weighted by molar-refractivity contribution is 5.93. The number of oxazole rings is 1. The van der Waals surface area contributed by atoms with Crippen molar-refractivity contribution in [1.29, 1.82) is 0 Å². The second-order valence-electron chi connectivity index (χ2n) is 5.77. The summed E-state index contributed by atoms with van der Waals surface area (Å²) in [6.07, 6.45) is -1.29. The summed E-state index contributed by atoms with van der Waals surface area (Å²) in [6.45, 7) is 2.74. The number of rotatable bonds is 3. The average Bonchev–Trinajstić information content (AvgIpc) is 3.22. The third kappa shape index (κ3) is 3.15. The van der Waals surface area contributed by atoms with Gasteiger partial charge in [-0.25, -0.2) is 4.98 Å². The predicted octanol–water partition coefficient (Wildman–Crippen LogP) is 3.00. The Kier molecular flexibility index (Phi) is 4.33. The monoisotopic (exact) mass is 342 g/mol. The molecule has 0 spiro atoms. The standard InChI is InChI=1S/C15H17F3N4O2/c1-2-11-13(19-8-24-11)14(23)22-5-3-4-9(7-22)10-6-12(21-20-10)15(16,17)18/h6,8-9H,2-5,7H2,1H3,(H,20,21)/t9-/m0/s1. The van der Waals surface area contributed by atoms with Gasteiger partial charge in [-0.05, 0) is 18.9 Å². The van der Waals surface area contributed by atoms with Crippen molar-refractivity contribution in [2.75, 3.05) is 13.1 Å². The quantitative estimate of drug-likeness (QED) is 0.930. The molecule has 1 amide bonds. The van der Waals surface area contributed by atoms with Crippen LogP contribution in [-0.4, -0.2) is 39.1 Å². The Balaban J connectivity index is 1.75. The summed E-state index contributed by atoms with van der Waals surface area (Å²) in [7, 11) is 0. The molecule has 0 bridgehead atoms. The van der Waals surface area contributed by atoms with E-state index in [9.17, 15) is 18.0 Å². The van der Waals surface area contributed by atoms with Gasteiger partial charge in [-0.3, -0.25) is 9.89 Å². The highest BCUT2D eigenvalue weighted by atomic mass is 19.4. The predicted molar refractivity (Wildman–Crippen MR) is 77.3 cm³/mol. The van der Waals surface area contributed by atoms with Gasteiger partial charge >= 0.3 is 6.18 Å². The first kappa shape index (κ1) is 16.5. The molecule has 130 valence electrons. The van der Waals surface area contributed by atoms with Gasteiger partial charge in [0.2, 0.25) is 0 Å². The van der Waals surface area contributed by atoms with E-state index in [2.05, 4.69) is 15.2 Å². The molecule has 1 N–H and O–H groups in total. The van der Waals surface area contributed by atoms with E-state index in [4.69, 9.17) is 4.42 Å². The van der Waals surface area contributed by atoms with Gasteiger partial charge in [-0.2, -0.15) is 18.3 Å². The second kappa shape index (κ2) is 6.29. The number of nitrogens with one attached hydrogen (secondary N) is 1. The number of hydrogen-bond acceptors (Lipinski definition) is 4. The summed E-state index contributed by atoms with van der Waals surface area (Å²) >= 11 is 0. The fraction of sp³-hybridized carbons (Fsp3) is 0.533. The first-order valence-corrected chi connectivity index (χ1v) is 7.74. The Hall–Kier alpha value is -2.32. The molecule has 0 radical (unpaired) electrons. The summed E-state index contributed by atoms with van der Waals surface area (Å²) in [5.41, 5.74) is -0.264. The van der Waals surface area contributed by atoms with Gasteiger partial charge in [0.05, 0.1) is 0 Å². The van der Waals surface area contributed by atoms with Crippen LogP contribution in [0.15, 0.2) is 16.9 Å². The summed E-state index contributed by atoms with van der Waals surface area (Å²) < 4.78 is 43.2. The number of amides is 1. The molecule has 1 atom stereocenters. The largest absolute Gasteiger partial charge is 0.448 e. The summed E-state index contributed by atoms with van der Waals surface area (Å²) in [5.74, 6) is 0.0622. The molecule has 9 heteroatoms. The number of halogens is 3. The molecule has 0 aliphatic carbocycles. The smallest absolute Gasteiger partial charge is 0.435 e. The van der Waals surface area contributed by atoms with Gasteiger partial charge in [0.25, 0.3) is 5.91 Å². The van der Waals surface area contributed by atoms with Gasteiger partial charge in [0.1, 0.15) is 5.76 Å². The highest BCUT2D eigenvalue weighted by Crippen LogP contribution is 2.32. The van der Waals surface area contributed by atoms with Crippen molar-refractivity contribution in [2.24, 2.45) is 0 Å².